The molecule has 4 atom stereocenters. The topological polar surface area (TPSA) is 73.8 Å². The van der Waals surface area contributed by atoms with Gasteiger partial charge in [0.05, 0.1) is 10.6 Å². The molecule has 0 amide bonds. The number of anilines is 1. The molecule has 3 aromatic carbocycles. The summed E-state index contributed by atoms with van der Waals surface area (Å²) < 4.78 is 52.8. The molecule has 2 bridgehead atoms. The Bertz CT molecular complexity index is 1830. The molecular formula is C34H35ClF3N5O2. The highest BCUT2D eigenvalue weighted by Crippen LogP contribution is 2.45. The van der Waals surface area contributed by atoms with Crippen molar-refractivity contribution in [2.75, 3.05) is 37.7 Å². The minimum absolute atomic E-state index is 0.0272. The number of phenols is 1. The van der Waals surface area contributed by atoms with Gasteiger partial charge in [-0.15, -0.1) is 0 Å². The summed E-state index contributed by atoms with van der Waals surface area (Å²) in [6, 6.07) is 8.04. The van der Waals surface area contributed by atoms with Gasteiger partial charge in [0.1, 0.15) is 35.7 Å². The largest absolute Gasteiger partial charge is 0.508 e. The Kier molecular flexibility index (Phi) is 7.03. The minimum Gasteiger partial charge on any atom is -0.508 e. The zero-order valence-electron chi connectivity index (χ0n) is 25.1. The molecule has 0 aliphatic carbocycles. The van der Waals surface area contributed by atoms with Gasteiger partial charge in [-0.25, -0.2) is 13.2 Å². The van der Waals surface area contributed by atoms with Crippen LogP contribution in [0.5, 0.6) is 11.8 Å². The number of nitrogens with zero attached hydrogens (tertiary/aromatic N) is 4. The van der Waals surface area contributed by atoms with Crippen LogP contribution >= 0.6 is 11.6 Å². The first kappa shape index (κ1) is 29.1. The fraction of sp³-hybridized carbons (Fsp3) is 0.471. The third-order valence-electron chi connectivity index (χ3n) is 10.5. The van der Waals surface area contributed by atoms with Crippen LogP contribution in [0.3, 0.4) is 0 Å². The van der Waals surface area contributed by atoms with Crippen molar-refractivity contribution in [1.29, 1.82) is 0 Å². The van der Waals surface area contributed by atoms with Crippen LogP contribution in [0.4, 0.5) is 19.0 Å². The highest BCUT2D eigenvalue weighted by molar-refractivity contribution is 6.35. The number of aromatic hydroxyl groups is 1. The number of alkyl halides is 1. The van der Waals surface area contributed by atoms with Crippen molar-refractivity contribution in [1.82, 2.24) is 20.2 Å². The van der Waals surface area contributed by atoms with Gasteiger partial charge in [-0.2, -0.15) is 9.97 Å². The van der Waals surface area contributed by atoms with E-state index in [9.17, 15) is 9.50 Å². The van der Waals surface area contributed by atoms with Crippen LogP contribution in [0.1, 0.15) is 44.6 Å². The van der Waals surface area contributed by atoms with Gasteiger partial charge < -0.3 is 20.1 Å². The summed E-state index contributed by atoms with van der Waals surface area (Å²) in [6.45, 7) is 4.76. The number of aromatic nitrogens is 2. The maximum Gasteiger partial charge on any atom is 0.319 e. The van der Waals surface area contributed by atoms with E-state index in [1.165, 1.54) is 18.2 Å². The lowest BCUT2D eigenvalue weighted by atomic mass is 9.91. The first-order valence-corrected chi connectivity index (χ1v) is 16.3. The molecule has 11 heteroatoms. The number of hydrogen-bond donors (Lipinski definition) is 2. The molecule has 5 aliphatic heterocycles. The Morgan fingerprint density at radius 2 is 2.02 bits per heavy atom. The molecule has 2 N–H and O–H groups in total. The Morgan fingerprint density at radius 1 is 1.16 bits per heavy atom. The summed E-state index contributed by atoms with van der Waals surface area (Å²) in [5, 5.41) is 15.8. The van der Waals surface area contributed by atoms with E-state index in [0.717, 1.165) is 38.8 Å². The van der Waals surface area contributed by atoms with Crippen LogP contribution in [-0.2, 0) is 6.42 Å². The average Bonchev–Trinajstić information content (AvgIpc) is 3.56. The summed E-state index contributed by atoms with van der Waals surface area (Å²) >= 11 is 6.91. The van der Waals surface area contributed by atoms with Gasteiger partial charge in [-0.3, -0.25) is 4.90 Å². The molecular weight excluding hydrogens is 603 g/mol. The van der Waals surface area contributed by atoms with E-state index in [-0.39, 0.29) is 52.1 Å². The monoisotopic (exact) mass is 637 g/mol. The lowest BCUT2D eigenvalue weighted by Crippen LogP contribution is -2.61. The fourth-order valence-corrected chi connectivity index (χ4v) is 8.64. The summed E-state index contributed by atoms with van der Waals surface area (Å²) in [6.07, 6.45) is 3.67. The zero-order valence-corrected chi connectivity index (χ0v) is 25.8. The summed E-state index contributed by atoms with van der Waals surface area (Å²) in [5.41, 5.74) is 0.335. The third-order valence-corrected chi connectivity index (χ3v) is 10.8. The van der Waals surface area contributed by atoms with E-state index in [4.69, 9.17) is 21.3 Å². The summed E-state index contributed by atoms with van der Waals surface area (Å²) in [7, 11) is 0. The Hall–Kier alpha value is -3.34. The zero-order chi connectivity index (χ0) is 31.0. The molecule has 1 unspecified atom stereocenters. The van der Waals surface area contributed by atoms with Gasteiger partial charge in [-0.1, -0.05) is 24.6 Å². The molecule has 5 aliphatic rings. The van der Waals surface area contributed by atoms with Crippen LogP contribution in [0.25, 0.3) is 32.8 Å². The van der Waals surface area contributed by atoms with Gasteiger partial charge in [-0.05, 0) is 84.8 Å². The number of phenolic OH excluding ortho intramolecular Hbond substituents is 1. The second-order valence-corrected chi connectivity index (χ2v) is 13.5. The number of piperazine rings is 1. The molecule has 5 fully saturated rings. The summed E-state index contributed by atoms with van der Waals surface area (Å²) in [5.74, 6) is -0.648. The van der Waals surface area contributed by atoms with Crippen LogP contribution in [-0.4, -0.2) is 76.6 Å². The van der Waals surface area contributed by atoms with Crippen molar-refractivity contribution < 1.29 is 23.0 Å². The maximum absolute atomic E-state index is 17.0. The number of fused-ring (bicyclic) bond motifs is 6. The number of halogens is 4. The number of aryl methyl sites for hydroxylation is 1. The molecule has 6 heterocycles. The number of ether oxygens (including phenoxy) is 1. The number of hydrogen-bond acceptors (Lipinski definition) is 7. The first-order chi connectivity index (χ1) is 21.7. The Balaban J connectivity index is 1.31. The van der Waals surface area contributed by atoms with Gasteiger partial charge in [0, 0.05) is 49.1 Å². The van der Waals surface area contributed by atoms with Crippen molar-refractivity contribution in [3.63, 3.8) is 0 Å². The highest BCUT2D eigenvalue weighted by atomic mass is 35.5. The SMILES string of the molecule is CCc1c(F)ccc2cc(O)cc(-c3c(Cl)cc4c(N5C[C@@H]6CCC5CN6)nc(OC[C@@]56CCCN5C[C@H](F)C6)nc4c3F)c12. The molecule has 0 saturated carbocycles. The van der Waals surface area contributed by atoms with Gasteiger partial charge in [0.25, 0.3) is 0 Å². The van der Waals surface area contributed by atoms with E-state index >= 15 is 8.78 Å². The van der Waals surface area contributed by atoms with E-state index in [1.54, 1.807) is 12.1 Å². The van der Waals surface area contributed by atoms with E-state index in [1.807, 2.05) is 6.92 Å². The predicted octanol–water partition coefficient (Wildman–Crippen LogP) is 6.55. The molecule has 0 radical (unpaired) electrons. The minimum atomic E-state index is -0.907. The van der Waals surface area contributed by atoms with Gasteiger partial charge in [0.15, 0.2) is 5.82 Å². The molecule has 45 heavy (non-hydrogen) atoms. The lowest BCUT2D eigenvalue weighted by molar-refractivity contribution is 0.107. The Morgan fingerprint density at radius 3 is 2.78 bits per heavy atom. The first-order valence-electron chi connectivity index (χ1n) is 15.9. The average molecular weight is 638 g/mol. The van der Waals surface area contributed by atoms with Crippen LogP contribution < -0.4 is 15.0 Å². The standard InChI is InChI=1S/C34H35ClF3N5O2/c1-2-23-27(37)7-4-18-10-22(44)11-24(28(18)23)29-26(35)12-25-31(30(29)38)40-33(41-32(25)43-16-20-5-6-21(43)14-39-20)45-17-34-8-3-9-42(34)15-19(36)13-34/h4,7,10-12,19-21,39,44H,2-3,5-6,8-9,13-17H2,1H3/t19-,20+,21?,34+/m1/s1. The second kappa shape index (κ2) is 10.9. The third kappa shape index (κ3) is 4.70. The van der Waals surface area contributed by atoms with E-state index < -0.39 is 23.3 Å². The lowest BCUT2D eigenvalue weighted by Gasteiger charge is -2.46. The van der Waals surface area contributed by atoms with Crippen molar-refractivity contribution in [3.8, 4) is 22.9 Å². The number of piperidine rings is 2. The van der Waals surface area contributed by atoms with Crippen molar-refractivity contribution in [2.24, 2.45) is 0 Å². The second-order valence-electron chi connectivity index (χ2n) is 13.1. The number of benzene rings is 3. The quantitative estimate of drug-likeness (QED) is 0.249. The van der Waals surface area contributed by atoms with Crippen molar-refractivity contribution in [2.45, 2.75) is 69.2 Å². The molecule has 0 spiro atoms. The number of rotatable bonds is 6. The van der Waals surface area contributed by atoms with Crippen molar-refractivity contribution in [3.05, 3.63) is 52.6 Å². The maximum atomic E-state index is 17.0. The van der Waals surface area contributed by atoms with E-state index in [0.29, 0.717) is 53.5 Å². The molecule has 7 nitrogen and oxygen atoms in total. The molecule has 236 valence electrons. The molecule has 1 aromatic heterocycles. The van der Waals surface area contributed by atoms with Crippen LogP contribution in [0.2, 0.25) is 5.02 Å². The molecule has 4 aromatic rings. The van der Waals surface area contributed by atoms with Crippen LogP contribution in [0.15, 0.2) is 30.3 Å². The van der Waals surface area contributed by atoms with Gasteiger partial charge in [0.2, 0.25) is 0 Å². The van der Waals surface area contributed by atoms with Crippen molar-refractivity contribution >= 4 is 39.1 Å². The highest BCUT2D eigenvalue weighted by Gasteiger charge is 2.49. The smallest absolute Gasteiger partial charge is 0.319 e. The normalized spacial score (nSPS) is 26.3. The Labute approximate surface area is 264 Å². The fourth-order valence-electron chi connectivity index (χ4n) is 8.35. The number of nitrogens with one attached hydrogen (secondary N) is 1. The predicted molar refractivity (Wildman–Crippen MR) is 169 cm³/mol. The molecule has 9 rings (SSSR count). The van der Waals surface area contributed by atoms with Gasteiger partial charge >= 0.3 is 6.01 Å². The van der Waals surface area contributed by atoms with Crippen LogP contribution in [0, 0.1) is 11.6 Å². The summed E-state index contributed by atoms with van der Waals surface area (Å²) in [4.78, 5) is 13.8. The molecule has 5 saturated heterocycles. The van der Waals surface area contributed by atoms with E-state index in [2.05, 4.69) is 20.1 Å².